The summed E-state index contributed by atoms with van der Waals surface area (Å²) in [6.07, 6.45) is 2.48. The normalized spacial score (nSPS) is 17.0. The predicted molar refractivity (Wildman–Crippen MR) is 33.4 cm³/mol. The number of rotatable bonds is 2. The molecule has 0 radical (unpaired) electrons. The minimum atomic E-state index is -0.290. The van der Waals surface area contributed by atoms with Crippen LogP contribution in [-0.2, 0) is 0 Å². The maximum absolute atomic E-state index is 10.4. The summed E-state index contributed by atoms with van der Waals surface area (Å²) < 4.78 is 0. The lowest BCUT2D eigenvalue weighted by molar-refractivity contribution is 0.240. The van der Waals surface area contributed by atoms with E-state index in [1.54, 1.807) is 0 Å². The van der Waals surface area contributed by atoms with E-state index < -0.39 is 0 Å². The fourth-order valence-electron chi connectivity index (χ4n) is 0.610. The van der Waals surface area contributed by atoms with Crippen LogP contribution >= 0.6 is 0 Å². The van der Waals surface area contributed by atoms with Crippen molar-refractivity contribution in [2.45, 2.75) is 12.8 Å². The lowest BCUT2D eigenvalue weighted by Gasteiger charge is -2.00. The highest BCUT2D eigenvalue weighted by atomic mass is 16.2. The van der Waals surface area contributed by atoms with E-state index in [4.69, 9.17) is 5.84 Å². The van der Waals surface area contributed by atoms with E-state index in [1.165, 1.54) is 12.8 Å². The van der Waals surface area contributed by atoms with Gasteiger partial charge in [-0.1, -0.05) is 0 Å². The van der Waals surface area contributed by atoms with E-state index >= 15 is 0 Å². The third kappa shape index (κ3) is 2.32. The van der Waals surface area contributed by atoms with Crippen LogP contribution in [0.15, 0.2) is 0 Å². The highest BCUT2D eigenvalue weighted by Gasteiger charge is 2.21. The molecule has 0 aromatic heterocycles. The van der Waals surface area contributed by atoms with E-state index in [9.17, 15) is 4.79 Å². The third-order valence-electron chi connectivity index (χ3n) is 1.38. The number of nitrogens with two attached hydrogens (primary N) is 1. The van der Waals surface area contributed by atoms with Crippen LogP contribution < -0.4 is 16.6 Å². The highest BCUT2D eigenvalue weighted by Crippen LogP contribution is 2.27. The van der Waals surface area contributed by atoms with Crippen LogP contribution in [0.25, 0.3) is 0 Å². The standard InChI is InChI=1S/C5H11N3O/c6-8-5(9)7-3-4-1-2-4/h4H,1-3,6H2,(H2,7,8,9). The quantitative estimate of drug-likeness (QED) is 0.269. The van der Waals surface area contributed by atoms with E-state index in [0.29, 0.717) is 5.92 Å². The van der Waals surface area contributed by atoms with Crippen molar-refractivity contribution in [3.05, 3.63) is 0 Å². The minimum absolute atomic E-state index is 0.290. The summed E-state index contributed by atoms with van der Waals surface area (Å²) in [5.41, 5.74) is 2.00. The summed E-state index contributed by atoms with van der Waals surface area (Å²) in [6, 6.07) is -0.290. The van der Waals surface area contributed by atoms with E-state index in [2.05, 4.69) is 5.32 Å². The zero-order chi connectivity index (χ0) is 6.69. The molecule has 2 amide bonds. The fourth-order valence-corrected chi connectivity index (χ4v) is 0.610. The second-order valence-electron chi connectivity index (χ2n) is 2.30. The van der Waals surface area contributed by atoms with Gasteiger partial charge in [-0.05, 0) is 18.8 Å². The van der Waals surface area contributed by atoms with Crippen LogP contribution in [-0.4, -0.2) is 12.6 Å². The highest BCUT2D eigenvalue weighted by molar-refractivity contribution is 5.72. The van der Waals surface area contributed by atoms with Crippen molar-refractivity contribution >= 4 is 6.03 Å². The Balaban J connectivity index is 1.96. The van der Waals surface area contributed by atoms with Crippen molar-refractivity contribution in [2.75, 3.05) is 6.54 Å². The first-order chi connectivity index (χ1) is 4.33. The molecule has 1 aliphatic carbocycles. The van der Waals surface area contributed by atoms with Gasteiger partial charge in [0.15, 0.2) is 0 Å². The Kier molecular flexibility index (Phi) is 1.89. The van der Waals surface area contributed by atoms with Crippen molar-refractivity contribution < 1.29 is 4.79 Å². The van der Waals surface area contributed by atoms with E-state index in [0.717, 1.165) is 6.54 Å². The smallest absolute Gasteiger partial charge is 0.328 e. The maximum Gasteiger partial charge on any atom is 0.328 e. The average molecular weight is 129 g/mol. The molecule has 0 spiro atoms. The summed E-state index contributed by atoms with van der Waals surface area (Å²) >= 11 is 0. The Labute approximate surface area is 53.8 Å². The number of hydrazine groups is 1. The number of amides is 2. The Morgan fingerprint density at radius 2 is 2.33 bits per heavy atom. The second kappa shape index (κ2) is 2.68. The largest absolute Gasteiger partial charge is 0.337 e. The molecule has 1 fully saturated rings. The van der Waals surface area contributed by atoms with Gasteiger partial charge >= 0.3 is 6.03 Å². The Bertz CT molecular complexity index is 111. The van der Waals surface area contributed by atoms with Gasteiger partial charge < -0.3 is 5.32 Å². The summed E-state index contributed by atoms with van der Waals surface area (Å²) in [7, 11) is 0. The van der Waals surface area contributed by atoms with Crippen molar-refractivity contribution in [3.8, 4) is 0 Å². The van der Waals surface area contributed by atoms with E-state index in [-0.39, 0.29) is 6.03 Å². The van der Waals surface area contributed by atoms with Crippen LogP contribution in [0.3, 0.4) is 0 Å². The summed E-state index contributed by atoms with van der Waals surface area (Å²) in [5, 5.41) is 2.62. The van der Waals surface area contributed by atoms with Gasteiger partial charge in [-0.15, -0.1) is 0 Å². The number of carbonyl (C=O) groups is 1. The molecule has 0 aromatic rings. The van der Waals surface area contributed by atoms with Gasteiger partial charge in [0, 0.05) is 6.54 Å². The molecule has 4 nitrogen and oxygen atoms in total. The number of hydrogen-bond acceptors (Lipinski definition) is 2. The molecule has 0 atom stereocenters. The molecule has 0 bridgehead atoms. The first-order valence-corrected chi connectivity index (χ1v) is 3.07. The lowest BCUT2D eigenvalue weighted by Crippen LogP contribution is -2.40. The Morgan fingerprint density at radius 3 is 2.78 bits per heavy atom. The fraction of sp³-hybridized carbons (Fsp3) is 0.800. The number of nitrogens with one attached hydrogen (secondary N) is 2. The first kappa shape index (κ1) is 6.35. The lowest BCUT2D eigenvalue weighted by atomic mass is 10.4. The van der Waals surface area contributed by atoms with Crippen LogP contribution in [0.5, 0.6) is 0 Å². The van der Waals surface area contributed by atoms with Crippen LogP contribution in [0.1, 0.15) is 12.8 Å². The number of urea groups is 1. The third-order valence-corrected chi connectivity index (χ3v) is 1.38. The number of hydrogen-bond donors (Lipinski definition) is 3. The molecule has 0 heterocycles. The first-order valence-electron chi connectivity index (χ1n) is 3.07. The molecular formula is C5H11N3O. The molecule has 0 unspecified atom stereocenters. The molecule has 0 saturated heterocycles. The zero-order valence-corrected chi connectivity index (χ0v) is 5.18. The summed E-state index contributed by atoms with van der Waals surface area (Å²) in [5.74, 6) is 5.53. The van der Waals surface area contributed by atoms with E-state index in [1.807, 2.05) is 5.43 Å². The Hall–Kier alpha value is -0.770. The SMILES string of the molecule is NNC(=O)NCC1CC1. The molecule has 0 aliphatic heterocycles. The van der Waals surface area contributed by atoms with Gasteiger partial charge in [-0.3, -0.25) is 5.43 Å². The van der Waals surface area contributed by atoms with Gasteiger partial charge in [-0.25, -0.2) is 10.6 Å². The average Bonchev–Trinajstić information content (AvgIpc) is 2.65. The molecule has 1 rings (SSSR count). The molecular weight excluding hydrogens is 118 g/mol. The topological polar surface area (TPSA) is 67.1 Å². The van der Waals surface area contributed by atoms with Crippen LogP contribution in [0.4, 0.5) is 4.79 Å². The van der Waals surface area contributed by atoms with Gasteiger partial charge in [-0.2, -0.15) is 0 Å². The van der Waals surface area contributed by atoms with Gasteiger partial charge in [0.05, 0.1) is 0 Å². The molecule has 0 aromatic carbocycles. The zero-order valence-electron chi connectivity index (χ0n) is 5.18. The molecule has 4 N–H and O–H groups in total. The molecule has 1 saturated carbocycles. The Morgan fingerprint density at radius 1 is 1.67 bits per heavy atom. The summed E-state index contributed by atoms with van der Waals surface area (Å²) in [6.45, 7) is 0.767. The van der Waals surface area contributed by atoms with Crippen molar-refractivity contribution in [1.29, 1.82) is 0 Å². The number of carbonyl (C=O) groups excluding carboxylic acids is 1. The van der Waals surface area contributed by atoms with Crippen LogP contribution in [0, 0.1) is 5.92 Å². The predicted octanol–water partition coefficient (Wildman–Crippen LogP) is -0.431. The van der Waals surface area contributed by atoms with Gasteiger partial charge in [0.25, 0.3) is 0 Å². The summed E-state index contributed by atoms with van der Waals surface area (Å²) in [4.78, 5) is 10.4. The minimum Gasteiger partial charge on any atom is -0.337 e. The molecule has 52 valence electrons. The van der Waals surface area contributed by atoms with Crippen molar-refractivity contribution in [1.82, 2.24) is 10.7 Å². The molecule has 4 heteroatoms. The second-order valence-corrected chi connectivity index (χ2v) is 2.30. The van der Waals surface area contributed by atoms with Crippen molar-refractivity contribution in [3.63, 3.8) is 0 Å². The molecule has 1 aliphatic rings. The maximum atomic E-state index is 10.4. The van der Waals surface area contributed by atoms with Gasteiger partial charge in [0.2, 0.25) is 0 Å². The monoisotopic (exact) mass is 129 g/mol. The van der Waals surface area contributed by atoms with Crippen molar-refractivity contribution in [2.24, 2.45) is 11.8 Å². The van der Waals surface area contributed by atoms with Crippen LogP contribution in [0.2, 0.25) is 0 Å². The molecule has 9 heavy (non-hydrogen) atoms. The van der Waals surface area contributed by atoms with Gasteiger partial charge in [0.1, 0.15) is 0 Å².